The number of rotatable bonds is 4. The highest BCUT2D eigenvalue weighted by atomic mass is 19.4. The maximum Gasteiger partial charge on any atom is 0.490 e. The first-order chi connectivity index (χ1) is 17.2. The lowest BCUT2D eigenvalue weighted by Gasteiger charge is -2.36. The molecule has 2 N–H and O–H groups in total. The Hall–Kier alpha value is -3.89. The maximum atomic E-state index is 10.6. The number of methoxy groups -OCH3 is 1. The number of carboxylic acid groups (broad SMARTS) is 1. The number of alkyl halides is 3. The molecule has 36 heavy (non-hydrogen) atoms. The zero-order chi connectivity index (χ0) is 25.8. The van der Waals surface area contributed by atoms with E-state index >= 15 is 0 Å². The van der Waals surface area contributed by atoms with Crippen molar-refractivity contribution >= 4 is 17.4 Å². The van der Waals surface area contributed by atoms with Gasteiger partial charge in [-0.15, -0.1) is 0 Å². The molecule has 0 saturated heterocycles. The summed E-state index contributed by atoms with van der Waals surface area (Å²) in [5, 5.41) is 10.4. The van der Waals surface area contributed by atoms with Gasteiger partial charge in [0.05, 0.1) is 0 Å². The van der Waals surface area contributed by atoms with Crippen LogP contribution in [-0.2, 0) is 19.3 Å². The molecule has 2 aliphatic heterocycles. The van der Waals surface area contributed by atoms with Gasteiger partial charge >= 0.3 is 12.1 Å². The second-order valence-electron chi connectivity index (χ2n) is 8.08. The molecule has 1 aliphatic carbocycles. The Morgan fingerprint density at radius 1 is 1.17 bits per heavy atom. The molecule has 0 radical (unpaired) electrons. The van der Waals surface area contributed by atoms with E-state index in [0.29, 0.717) is 12.5 Å². The average Bonchev–Trinajstić information content (AvgIpc) is 3.53. The SMILES string of the molecule is COC1(C2N=C(NC3=CCOO3)c3ccccc32)C=CC=C(c2ccccc2)C1.O=C(O)C(F)(F)F. The molecular weight excluding hydrogens is 477 g/mol. The van der Waals surface area contributed by atoms with Gasteiger partial charge in [0.1, 0.15) is 24.1 Å². The number of carbonyl (C=O) groups is 1. The molecule has 10 heteroatoms. The molecule has 2 aromatic rings. The molecule has 2 heterocycles. The first kappa shape index (κ1) is 25.2. The van der Waals surface area contributed by atoms with Gasteiger partial charge in [0.25, 0.3) is 0 Å². The van der Waals surface area contributed by atoms with Crippen LogP contribution in [0.4, 0.5) is 13.2 Å². The van der Waals surface area contributed by atoms with Crippen LogP contribution in [0.2, 0.25) is 0 Å². The summed E-state index contributed by atoms with van der Waals surface area (Å²) in [5.41, 5.74) is 4.05. The zero-order valence-electron chi connectivity index (χ0n) is 19.2. The summed E-state index contributed by atoms with van der Waals surface area (Å²) >= 11 is 0. The van der Waals surface area contributed by atoms with Crippen molar-refractivity contribution in [2.45, 2.75) is 24.2 Å². The number of ether oxygens (including phenoxy) is 1. The fourth-order valence-electron chi connectivity index (χ4n) is 4.15. The summed E-state index contributed by atoms with van der Waals surface area (Å²) in [7, 11) is 1.76. The average molecular weight is 500 g/mol. The van der Waals surface area contributed by atoms with Crippen molar-refractivity contribution in [1.29, 1.82) is 0 Å². The van der Waals surface area contributed by atoms with Gasteiger partial charge < -0.3 is 20.0 Å². The highest BCUT2D eigenvalue weighted by Crippen LogP contribution is 2.46. The summed E-state index contributed by atoms with van der Waals surface area (Å²) in [6.45, 7) is 0.427. The molecule has 3 aliphatic rings. The number of allylic oxidation sites excluding steroid dienone is 2. The van der Waals surface area contributed by atoms with Crippen LogP contribution < -0.4 is 5.32 Å². The number of benzene rings is 2. The van der Waals surface area contributed by atoms with Gasteiger partial charge in [-0.05, 0) is 16.7 Å². The lowest BCUT2D eigenvalue weighted by Crippen LogP contribution is -2.36. The summed E-state index contributed by atoms with van der Waals surface area (Å²) in [6, 6.07) is 18.5. The van der Waals surface area contributed by atoms with Crippen molar-refractivity contribution < 1.29 is 37.6 Å². The number of hydrogen-bond acceptors (Lipinski definition) is 6. The Bertz CT molecular complexity index is 1240. The molecule has 2 unspecified atom stereocenters. The van der Waals surface area contributed by atoms with E-state index in [1.807, 2.05) is 24.3 Å². The minimum atomic E-state index is -5.08. The lowest BCUT2D eigenvalue weighted by atomic mass is 9.79. The Kier molecular flexibility index (Phi) is 7.27. The summed E-state index contributed by atoms with van der Waals surface area (Å²) in [4.78, 5) is 24.0. The van der Waals surface area contributed by atoms with E-state index in [1.54, 1.807) is 7.11 Å². The predicted octanol–water partition coefficient (Wildman–Crippen LogP) is 4.94. The van der Waals surface area contributed by atoms with E-state index in [4.69, 9.17) is 29.4 Å². The molecule has 7 nitrogen and oxygen atoms in total. The maximum absolute atomic E-state index is 10.6. The number of amidine groups is 1. The normalized spacial score (nSPS) is 22.3. The van der Waals surface area contributed by atoms with Gasteiger partial charge in [-0.2, -0.15) is 18.1 Å². The molecule has 0 fully saturated rings. The summed E-state index contributed by atoms with van der Waals surface area (Å²) in [6.07, 6.45) is 3.87. The van der Waals surface area contributed by atoms with Gasteiger partial charge in [0, 0.05) is 25.2 Å². The fourth-order valence-corrected chi connectivity index (χ4v) is 4.15. The van der Waals surface area contributed by atoms with E-state index < -0.39 is 17.7 Å². The molecule has 0 saturated carbocycles. The number of nitrogens with zero attached hydrogens (tertiary/aromatic N) is 1. The second kappa shape index (κ2) is 10.4. The highest BCUT2D eigenvalue weighted by Gasteiger charge is 2.44. The standard InChI is InChI=1S/C24H22N2O3.C2HF3O2/c1-27-24(14-7-10-18(16-24)17-8-3-2-4-9-17)22-19-11-5-6-12-20(19)23(26-22)25-21-13-15-28-29-21;3-2(4,5)1(6)7/h2-14,22H,15-16H2,1H3,(H,25,26);(H,6,7). The quantitative estimate of drug-likeness (QED) is 0.578. The first-order valence-corrected chi connectivity index (χ1v) is 11.0. The lowest BCUT2D eigenvalue weighted by molar-refractivity contribution is -0.236. The zero-order valence-corrected chi connectivity index (χ0v) is 19.2. The first-order valence-electron chi connectivity index (χ1n) is 11.0. The third kappa shape index (κ3) is 5.34. The topological polar surface area (TPSA) is 89.4 Å². The predicted molar refractivity (Wildman–Crippen MR) is 126 cm³/mol. The Morgan fingerprint density at radius 2 is 1.86 bits per heavy atom. The van der Waals surface area contributed by atoms with Crippen LogP contribution in [-0.4, -0.2) is 42.4 Å². The van der Waals surface area contributed by atoms with Crippen molar-refractivity contribution in [3.05, 3.63) is 101 Å². The molecule has 0 aromatic heterocycles. The molecule has 0 bridgehead atoms. The number of aliphatic imine (C=N–C) groups is 1. The molecule has 188 valence electrons. The second-order valence-corrected chi connectivity index (χ2v) is 8.08. The van der Waals surface area contributed by atoms with E-state index in [0.717, 1.165) is 23.4 Å². The minimum Gasteiger partial charge on any atom is -0.475 e. The van der Waals surface area contributed by atoms with E-state index in [9.17, 15) is 13.2 Å². The van der Waals surface area contributed by atoms with Crippen LogP contribution in [0.3, 0.4) is 0 Å². The fraction of sp³-hybridized carbons (Fsp3) is 0.231. The van der Waals surface area contributed by atoms with Crippen molar-refractivity contribution in [3.8, 4) is 0 Å². The van der Waals surface area contributed by atoms with Crippen molar-refractivity contribution in [3.63, 3.8) is 0 Å². The van der Waals surface area contributed by atoms with Gasteiger partial charge in [-0.3, -0.25) is 4.99 Å². The highest BCUT2D eigenvalue weighted by molar-refractivity contribution is 6.03. The third-order valence-electron chi connectivity index (χ3n) is 5.87. The number of nitrogens with one attached hydrogen (secondary N) is 1. The molecular formula is C26H23F3N2O5. The Labute approximate surface area is 205 Å². The molecule has 2 atom stereocenters. The van der Waals surface area contributed by atoms with Gasteiger partial charge in [0.2, 0.25) is 5.88 Å². The third-order valence-corrected chi connectivity index (χ3v) is 5.87. The van der Waals surface area contributed by atoms with Crippen molar-refractivity contribution in [2.75, 3.05) is 13.7 Å². The van der Waals surface area contributed by atoms with Crippen LogP contribution >= 0.6 is 0 Å². The van der Waals surface area contributed by atoms with Crippen LogP contribution in [0.1, 0.15) is 29.2 Å². The summed E-state index contributed by atoms with van der Waals surface area (Å²) < 4.78 is 37.9. The number of carboxylic acids is 1. The van der Waals surface area contributed by atoms with Crippen molar-refractivity contribution in [2.24, 2.45) is 4.99 Å². The Morgan fingerprint density at radius 3 is 2.50 bits per heavy atom. The number of hydrogen-bond donors (Lipinski definition) is 2. The number of fused-ring (bicyclic) bond motifs is 1. The minimum absolute atomic E-state index is 0.169. The molecule has 5 rings (SSSR count). The van der Waals surface area contributed by atoms with Gasteiger partial charge in [-0.1, -0.05) is 72.8 Å². The monoisotopic (exact) mass is 500 g/mol. The number of aliphatic carboxylic acids is 1. The molecule has 0 amide bonds. The smallest absolute Gasteiger partial charge is 0.475 e. The van der Waals surface area contributed by atoms with Gasteiger partial charge in [0.15, 0.2) is 0 Å². The number of halogens is 3. The largest absolute Gasteiger partial charge is 0.490 e. The van der Waals surface area contributed by atoms with E-state index in [1.165, 1.54) is 11.1 Å². The van der Waals surface area contributed by atoms with Crippen LogP contribution in [0.15, 0.2) is 89.8 Å². The van der Waals surface area contributed by atoms with E-state index in [2.05, 4.69) is 59.9 Å². The van der Waals surface area contributed by atoms with E-state index in [-0.39, 0.29) is 6.04 Å². The van der Waals surface area contributed by atoms with Crippen LogP contribution in [0, 0.1) is 0 Å². The van der Waals surface area contributed by atoms with Gasteiger partial charge in [-0.25, -0.2) is 4.79 Å². The Balaban J connectivity index is 0.000000384. The van der Waals surface area contributed by atoms with Crippen molar-refractivity contribution in [1.82, 2.24) is 5.32 Å². The molecule has 2 aromatic carbocycles. The van der Waals surface area contributed by atoms with Crippen LogP contribution in [0.5, 0.6) is 0 Å². The van der Waals surface area contributed by atoms with Crippen LogP contribution in [0.25, 0.3) is 5.57 Å². The molecule has 0 spiro atoms. The summed E-state index contributed by atoms with van der Waals surface area (Å²) in [5.74, 6) is -1.43.